The van der Waals surface area contributed by atoms with E-state index in [2.05, 4.69) is 24.1 Å². The molecule has 1 aliphatic carbocycles. The molecule has 1 aromatic rings. The van der Waals surface area contributed by atoms with Gasteiger partial charge in [0, 0.05) is 29.9 Å². The maximum atomic E-state index is 4.79. The van der Waals surface area contributed by atoms with Gasteiger partial charge in [0.1, 0.15) is 5.82 Å². The van der Waals surface area contributed by atoms with Crippen molar-refractivity contribution < 1.29 is 0 Å². The SMILES string of the molecule is CCCc1nc(C2CCC2)ncc1CNCC. The van der Waals surface area contributed by atoms with Crippen molar-refractivity contribution in [1.29, 1.82) is 0 Å². The van der Waals surface area contributed by atoms with Gasteiger partial charge in [-0.1, -0.05) is 26.7 Å². The number of rotatable bonds is 6. The van der Waals surface area contributed by atoms with Gasteiger partial charge in [0.05, 0.1) is 0 Å². The number of aryl methyl sites for hydroxylation is 1. The van der Waals surface area contributed by atoms with Crippen molar-refractivity contribution in [2.75, 3.05) is 6.54 Å². The molecule has 0 saturated heterocycles. The molecule has 0 amide bonds. The fourth-order valence-corrected chi connectivity index (χ4v) is 2.18. The summed E-state index contributed by atoms with van der Waals surface area (Å²) in [4.78, 5) is 9.33. The van der Waals surface area contributed by atoms with Crippen LogP contribution in [-0.2, 0) is 13.0 Å². The molecule has 0 unspecified atom stereocenters. The fraction of sp³-hybridized carbons (Fsp3) is 0.714. The molecule has 0 radical (unpaired) electrons. The molecule has 0 aromatic carbocycles. The first-order valence-corrected chi connectivity index (χ1v) is 6.90. The van der Waals surface area contributed by atoms with E-state index in [4.69, 9.17) is 4.98 Å². The highest BCUT2D eigenvalue weighted by molar-refractivity contribution is 5.19. The highest BCUT2D eigenvalue weighted by Crippen LogP contribution is 2.34. The summed E-state index contributed by atoms with van der Waals surface area (Å²) in [5, 5.41) is 3.36. The Hall–Kier alpha value is -0.960. The molecule has 0 aliphatic heterocycles. The van der Waals surface area contributed by atoms with Gasteiger partial charge >= 0.3 is 0 Å². The van der Waals surface area contributed by atoms with E-state index in [0.29, 0.717) is 5.92 Å². The molecule has 17 heavy (non-hydrogen) atoms. The summed E-state index contributed by atoms with van der Waals surface area (Å²) in [6, 6.07) is 0. The number of hydrogen-bond donors (Lipinski definition) is 1. The lowest BCUT2D eigenvalue weighted by molar-refractivity contribution is 0.399. The molecule has 94 valence electrons. The zero-order valence-electron chi connectivity index (χ0n) is 11.0. The maximum absolute atomic E-state index is 4.79. The van der Waals surface area contributed by atoms with Gasteiger partial charge < -0.3 is 5.32 Å². The van der Waals surface area contributed by atoms with E-state index in [1.807, 2.05) is 6.20 Å². The number of aromatic nitrogens is 2. The van der Waals surface area contributed by atoms with E-state index in [1.54, 1.807) is 0 Å². The molecule has 0 atom stereocenters. The van der Waals surface area contributed by atoms with E-state index >= 15 is 0 Å². The molecule has 1 aliphatic rings. The summed E-state index contributed by atoms with van der Waals surface area (Å²) in [6.07, 6.45) is 8.16. The van der Waals surface area contributed by atoms with Gasteiger partial charge in [-0.15, -0.1) is 0 Å². The van der Waals surface area contributed by atoms with Crippen molar-refractivity contribution in [2.24, 2.45) is 0 Å². The van der Waals surface area contributed by atoms with E-state index in [0.717, 1.165) is 31.8 Å². The second-order valence-corrected chi connectivity index (χ2v) is 4.86. The summed E-state index contributed by atoms with van der Waals surface area (Å²) in [5.74, 6) is 1.72. The van der Waals surface area contributed by atoms with Gasteiger partial charge in [-0.3, -0.25) is 0 Å². The smallest absolute Gasteiger partial charge is 0.131 e. The molecule has 0 spiro atoms. The first kappa shape index (κ1) is 12.5. The summed E-state index contributed by atoms with van der Waals surface area (Å²) in [7, 11) is 0. The first-order chi connectivity index (χ1) is 8.35. The van der Waals surface area contributed by atoms with Crippen molar-refractivity contribution in [2.45, 2.75) is 58.4 Å². The Morgan fingerprint density at radius 2 is 2.18 bits per heavy atom. The summed E-state index contributed by atoms with van der Waals surface area (Å²) >= 11 is 0. The quantitative estimate of drug-likeness (QED) is 0.821. The van der Waals surface area contributed by atoms with E-state index in [1.165, 1.54) is 30.5 Å². The summed E-state index contributed by atoms with van der Waals surface area (Å²) in [6.45, 7) is 6.23. The van der Waals surface area contributed by atoms with Crippen molar-refractivity contribution in [3.05, 3.63) is 23.3 Å². The number of nitrogens with one attached hydrogen (secondary N) is 1. The van der Waals surface area contributed by atoms with Crippen LogP contribution in [0.3, 0.4) is 0 Å². The normalized spacial score (nSPS) is 15.9. The van der Waals surface area contributed by atoms with Crippen molar-refractivity contribution >= 4 is 0 Å². The lowest BCUT2D eigenvalue weighted by Gasteiger charge is -2.24. The topological polar surface area (TPSA) is 37.8 Å². The Balaban J connectivity index is 2.14. The molecule has 1 N–H and O–H groups in total. The zero-order valence-corrected chi connectivity index (χ0v) is 11.0. The molecule has 2 rings (SSSR count). The van der Waals surface area contributed by atoms with Crippen LogP contribution in [0.1, 0.15) is 62.5 Å². The Kier molecular flexibility index (Phi) is 4.49. The molecule has 3 heteroatoms. The monoisotopic (exact) mass is 233 g/mol. The average molecular weight is 233 g/mol. The Bertz CT molecular complexity index is 358. The Morgan fingerprint density at radius 1 is 1.35 bits per heavy atom. The zero-order chi connectivity index (χ0) is 12.1. The van der Waals surface area contributed by atoms with E-state index < -0.39 is 0 Å². The van der Waals surface area contributed by atoms with Crippen LogP contribution in [0.15, 0.2) is 6.20 Å². The first-order valence-electron chi connectivity index (χ1n) is 6.90. The molecule has 3 nitrogen and oxygen atoms in total. The predicted octanol–water partition coefficient (Wildman–Crippen LogP) is 2.81. The van der Waals surface area contributed by atoms with Crippen LogP contribution >= 0.6 is 0 Å². The van der Waals surface area contributed by atoms with E-state index in [9.17, 15) is 0 Å². The lowest BCUT2D eigenvalue weighted by Crippen LogP contribution is -2.18. The maximum Gasteiger partial charge on any atom is 0.131 e. The highest BCUT2D eigenvalue weighted by atomic mass is 14.9. The second kappa shape index (κ2) is 6.10. The molecule has 1 aromatic heterocycles. The fourth-order valence-electron chi connectivity index (χ4n) is 2.18. The minimum absolute atomic E-state index is 0.638. The van der Waals surface area contributed by atoms with Crippen LogP contribution in [0.2, 0.25) is 0 Å². The number of hydrogen-bond acceptors (Lipinski definition) is 3. The van der Waals surface area contributed by atoms with Crippen LogP contribution in [0.25, 0.3) is 0 Å². The van der Waals surface area contributed by atoms with Gasteiger partial charge in [-0.2, -0.15) is 0 Å². The van der Waals surface area contributed by atoms with E-state index in [-0.39, 0.29) is 0 Å². The van der Waals surface area contributed by atoms with Crippen LogP contribution in [0, 0.1) is 0 Å². The minimum atomic E-state index is 0.638. The number of nitrogens with zero attached hydrogens (tertiary/aromatic N) is 2. The molecule has 1 fully saturated rings. The van der Waals surface area contributed by atoms with Crippen molar-refractivity contribution in [3.63, 3.8) is 0 Å². The van der Waals surface area contributed by atoms with Gasteiger partial charge in [0.15, 0.2) is 0 Å². The van der Waals surface area contributed by atoms with Crippen LogP contribution < -0.4 is 5.32 Å². The van der Waals surface area contributed by atoms with Crippen LogP contribution in [0.4, 0.5) is 0 Å². The van der Waals surface area contributed by atoms with Crippen LogP contribution in [-0.4, -0.2) is 16.5 Å². The van der Waals surface area contributed by atoms with Gasteiger partial charge in [0.25, 0.3) is 0 Å². The average Bonchev–Trinajstić information content (AvgIpc) is 2.26. The van der Waals surface area contributed by atoms with Gasteiger partial charge in [0.2, 0.25) is 0 Å². The summed E-state index contributed by atoms with van der Waals surface area (Å²) in [5.41, 5.74) is 2.53. The molecule has 1 saturated carbocycles. The van der Waals surface area contributed by atoms with Crippen molar-refractivity contribution in [1.82, 2.24) is 15.3 Å². The van der Waals surface area contributed by atoms with Crippen LogP contribution in [0.5, 0.6) is 0 Å². The third-order valence-electron chi connectivity index (χ3n) is 3.50. The molecule has 0 bridgehead atoms. The third kappa shape index (κ3) is 3.03. The van der Waals surface area contributed by atoms with Gasteiger partial charge in [-0.25, -0.2) is 9.97 Å². The predicted molar refractivity (Wildman–Crippen MR) is 70.0 cm³/mol. The molecular formula is C14H23N3. The molecule has 1 heterocycles. The Morgan fingerprint density at radius 3 is 2.76 bits per heavy atom. The minimum Gasteiger partial charge on any atom is -0.313 e. The van der Waals surface area contributed by atoms with Crippen molar-refractivity contribution in [3.8, 4) is 0 Å². The largest absolute Gasteiger partial charge is 0.313 e. The third-order valence-corrected chi connectivity index (χ3v) is 3.50. The standard InChI is InChI=1S/C14H23N3/c1-3-6-13-12(9-15-4-2)10-16-14(17-13)11-7-5-8-11/h10-11,15H,3-9H2,1-2H3. The Labute approximate surface area is 104 Å². The molecular weight excluding hydrogens is 210 g/mol. The summed E-state index contributed by atoms with van der Waals surface area (Å²) < 4.78 is 0. The second-order valence-electron chi connectivity index (χ2n) is 4.86. The van der Waals surface area contributed by atoms with Gasteiger partial charge in [-0.05, 0) is 25.8 Å². The highest BCUT2D eigenvalue weighted by Gasteiger charge is 2.22. The lowest BCUT2D eigenvalue weighted by atomic mass is 9.84.